The van der Waals surface area contributed by atoms with E-state index in [0.717, 1.165) is 7.11 Å². The third-order valence-corrected chi connectivity index (χ3v) is 2.37. The number of carbonyl (C=O) groups is 1. The molecule has 0 aliphatic rings. The highest BCUT2D eigenvalue weighted by atomic mass is 19.4. The molecule has 1 heterocycles. The van der Waals surface area contributed by atoms with Gasteiger partial charge in [0, 0.05) is 5.56 Å². The summed E-state index contributed by atoms with van der Waals surface area (Å²) in [4.78, 5) is 14.2. The highest BCUT2D eigenvalue weighted by Crippen LogP contribution is 2.38. The van der Waals surface area contributed by atoms with Gasteiger partial charge in [0.25, 0.3) is 5.88 Å². The number of alkyl halides is 6. The lowest BCUT2D eigenvalue weighted by Crippen LogP contribution is -2.21. The summed E-state index contributed by atoms with van der Waals surface area (Å²) < 4.78 is 87.8. The number of carbonyl (C=O) groups excluding carboxylic acids is 1. The van der Waals surface area contributed by atoms with E-state index in [9.17, 15) is 31.1 Å². The standard InChI is InChI=1S/C12H11F6NO4/c1-3-22-8(20)5-6-4-7(11(13,14)15)19-10(9(6)21-2)23-12(16,17)18/h4H,3,5H2,1-2H3. The van der Waals surface area contributed by atoms with Crippen molar-refractivity contribution in [3.05, 3.63) is 17.3 Å². The van der Waals surface area contributed by atoms with Gasteiger partial charge in [-0.25, -0.2) is 4.98 Å². The van der Waals surface area contributed by atoms with E-state index in [0.29, 0.717) is 6.07 Å². The second-order valence-electron chi connectivity index (χ2n) is 4.03. The van der Waals surface area contributed by atoms with E-state index in [1.165, 1.54) is 6.92 Å². The SMILES string of the molecule is CCOC(=O)Cc1cc(C(F)(F)F)nc(OC(F)(F)F)c1OC. The average molecular weight is 347 g/mol. The predicted octanol–water partition coefficient (Wildman–Crippen LogP) is 3.11. The second-order valence-corrected chi connectivity index (χ2v) is 4.03. The smallest absolute Gasteiger partial charge is 0.491 e. The van der Waals surface area contributed by atoms with Crippen LogP contribution in [0.15, 0.2) is 6.07 Å². The predicted molar refractivity (Wildman–Crippen MR) is 62.8 cm³/mol. The number of hydrogen-bond donors (Lipinski definition) is 0. The van der Waals surface area contributed by atoms with E-state index in [1.54, 1.807) is 0 Å². The van der Waals surface area contributed by atoms with Crippen LogP contribution in [0.25, 0.3) is 0 Å². The summed E-state index contributed by atoms with van der Waals surface area (Å²) in [5, 5.41) is 0. The Morgan fingerprint density at radius 1 is 1.22 bits per heavy atom. The quantitative estimate of drug-likeness (QED) is 0.605. The number of methoxy groups -OCH3 is 1. The highest BCUT2D eigenvalue weighted by Gasteiger charge is 2.39. The molecule has 0 radical (unpaired) electrons. The summed E-state index contributed by atoms with van der Waals surface area (Å²) in [5.41, 5.74) is -2.15. The number of halogens is 6. The minimum atomic E-state index is -5.29. The maximum atomic E-state index is 12.7. The van der Waals surface area contributed by atoms with Crippen LogP contribution < -0.4 is 9.47 Å². The van der Waals surface area contributed by atoms with Gasteiger partial charge in [0.15, 0.2) is 5.75 Å². The fraction of sp³-hybridized carbons (Fsp3) is 0.500. The van der Waals surface area contributed by atoms with E-state index in [-0.39, 0.29) is 6.61 Å². The molecular weight excluding hydrogens is 336 g/mol. The van der Waals surface area contributed by atoms with Crippen LogP contribution in [0.5, 0.6) is 11.6 Å². The molecule has 5 nitrogen and oxygen atoms in total. The van der Waals surface area contributed by atoms with Crippen LogP contribution in [0.2, 0.25) is 0 Å². The summed E-state index contributed by atoms with van der Waals surface area (Å²) in [6, 6.07) is 0.402. The van der Waals surface area contributed by atoms with E-state index < -0.39 is 47.8 Å². The first kappa shape index (κ1) is 18.8. The van der Waals surface area contributed by atoms with Crippen molar-refractivity contribution >= 4 is 5.97 Å². The van der Waals surface area contributed by atoms with Gasteiger partial charge in [-0.15, -0.1) is 13.2 Å². The number of nitrogens with zero attached hydrogens (tertiary/aromatic N) is 1. The van der Waals surface area contributed by atoms with Crippen molar-refractivity contribution in [1.29, 1.82) is 0 Å². The molecule has 0 saturated carbocycles. The summed E-state index contributed by atoms with van der Waals surface area (Å²) in [5.74, 6) is -3.11. The Labute approximate surface area is 126 Å². The molecule has 0 aliphatic heterocycles. The normalized spacial score (nSPS) is 12.0. The summed E-state index contributed by atoms with van der Waals surface area (Å²) in [6.45, 7) is 1.41. The van der Waals surface area contributed by atoms with Gasteiger partial charge in [-0.1, -0.05) is 0 Å². The molecule has 0 atom stereocenters. The number of esters is 1. The summed E-state index contributed by atoms with van der Waals surface area (Å²) in [7, 11) is 0.905. The molecule has 0 bridgehead atoms. The van der Waals surface area contributed by atoms with Crippen molar-refractivity contribution in [2.75, 3.05) is 13.7 Å². The maximum absolute atomic E-state index is 12.7. The molecule has 0 spiro atoms. The van der Waals surface area contributed by atoms with Crippen molar-refractivity contribution in [2.45, 2.75) is 25.9 Å². The second kappa shape index (κ2) is 6.92. The Bertz CT molecular complexity index is 570. The molecule has 0 aliphatic carbocycles. The van der Waals surface area contributed by atoms with Gasteiger partial charge in [-0.3, -0.25) is 4.79 Å². The number of rotatable bonds is 5. The molecule has 0 saturated heterocycles. The Morgan fingerprint density at radius 3 is 2.26 bits per heavy atom. The van der Waals surface area contributed by atoms with Crippen molar-refractivity contribution in [3.63, 3.8) is 0 Å². The van der Waals surface area contributed by atoms with Gasteiger partial charge in [-0.2, -0.15) is 13.2 Å². The van der Waals surface area contributed by atoms with Gasteiger partial charge in [0.05, 0.1) is 20.1 Å². The Kier molecular flexibility index (Phi) is 5.67. The molecule has 1 aromatic heterocycles. The van der Waals surface area contributed by atoms with Crippen LogP contribution in [0, 0.1) is 0 Å². The molecule has 130 valence electrons. The number of pyridine rings is 1. The first-order chi connectivity index (χ1) is 10.5. The van der Waals surface area contributed by atoms with E-state index in [2.05, 4.69) is 19.2 Å². The zero-order valence-corrected chi connectivity index (χ0v) is 11.8. The molecule has 11 heteroatoms. The number of ether oxygens (including phenoxy) is 3. The largest absolute Gasteiger partial charge is 0.574 e. The van der Waals surface area contributed by atoms with Gasteiger partial charge < -0.3 is 14.2 Å². The van der Waals surface area contributed by atoms with E-state index >= 15 is 0 Å². The Morgan fingerprint density at radius 2 is 1.83 bits per heavy atom. The fourth-order valence-corrected chi connectivity index (χ4v) is 1.60. The number of hydrogen-bond acceptors (Lipinski definition) is 5. The Hall–Kier alpha value is -2.20. The van der Waals surface area contributed by atoms with Crippen LogP contribution in [-0.4, -0.2) is 31.0 Å². The van der Waals surface area contributed by atoms with E-state index in [4.69, 9.17) is 0 Å². The van der Waals surface area contributed by atoms with Gasteiger partial charge in [0.2, 0.25) is 0 Å². The van der Waals surface area contributed by atoms with Crippen LogP contribution in [0.3, 0.4) is 0 Å². The monoisotopic (exact) mass is 347 g/mol. The molecule has 1 rings (SSSR count). The average Bonchev–Trinajstić information content (AvgIpc) is 2.35. The highest BCUT2D eigenvalue weighted by molar-refractivity contribution is 5.74. The minimum absolute atomic E-state index is 0.0513. The Balaban J connectivity index is 3.40. The maximum Gasteiger partial charge on any atom is 0.574 e. The van der Waals surface area contributed by atoms with Gasteiger partial charge in [-0.05, 0) is 13.0 Å². The molecule has 23 heavy (non-hydrogen) atoms. The molecular formula is C12H11F6NO4. The molecule has 0 N–H and O–H groups in total. The van der Waals surface area contributed by atoms with Crippen molar-refractivity contribution in [3.8, 4) is 11.6 Å². The molecule has 0 unspecified atom stereocenters. The molecule has 1 aromatic rings. The summed E-state index contributed by atoms with van der Waals surface area (Å²) in [6.07, 6.45) is -11.1. The first-order valence-electron chi connectivity index (χ1n) is 6.04. The lowest BCUT2D eigenvalue weighted by molar-refractivity contribution is -0.277. The lowest BCUT2D eigenvalue weighted by Gasteiger charge is -2.17. The fourth-order valence-electron chi connectivity index (χ4n) is 1.60. The van der Waals surface area contributed by atoms with Gasteiger partial charge in [0.1, 0.15) is 5.69 Å². The van der Waals surface area contributed by atoms with Crippen molar-refractivity contribution in [1.82, 2.24) is 4.98 Å². The van der Waals surface area contributed by atoms with Crippen LogP contribution in [0.4, 0.5) is 26.3 Å². The zero-order valence-electron chi connectivity index (χ0n) is 11.8. The number of aromatic nitrogens is 1. The molecule has 0 aromatic carbocycles. The van der Waals surface area contributed by atoms with Crippen molar-refractivity contribution in [2.24, 2.45) is 0 Å². The molecule has 0 fully saturated rings. The van der Waals surface area contributed by atoms with Crippen LogP contribution in [-0.2, 0) is 22.1 Å². The summed E-state index contributed by atoms with van der Waals surface area (Å²) >= 11 is 0. The minimum Gasteiger partial charge on any atom is -0.491 e. The van der Waals surface area contributed by atoms with Crippen molar-refractivity contribution < 1.29 is 45.3 Å². The van der Waals surface area contributed by atoms with E-state index in [1.807, 2.05) is 0 Å². The molecule has 0 amide bonds. The first-order valence-corrected chi connectivity index (χ1v) is 6.04. The van der Waals surface area contributed by atoms with Gasteiger partial charge >= 0.3 is 18.5 Å². The van der Waals surface area contributed by atoms with Crippen LogP contribution in [0.1, 0.15) is 18.2 Å². The topological polar surface area (TPSA) is 57.7 Å². The lowest BCUT2D eigenvalue weighted by atomic mass is 10.1. The third kappa shape index (κ3) is 5.49. The van der Waals surface area contributed by atoms with Crippen LogP contribution >= 0.6 is 0 Å². The zero-order chi connectivity index (χ0) is 17.8. The third-order valence-electron chi connectivity index (χ3n) is 2.37.